The van der Waals surface area contributed by atoms with E-state index in [1.54, 1.807) is 37.4 Å². The second-order valence-electron chi connectivity index (χ2n) is 5.55. The van der Waals surface area contributed by atoms with Crippen molar-refractivity contribution in [2.45, 2.75) is 0 Å². The summed E-state index contributed by atoms with van der Waals surface area (Å²) in [6, 6.07) is 8.50. The monoisotopic (exact) mass is 345 g/mol. The third kappa shape index (κ3) is 5.32. The number of carbonyl (C=O) groups excluding carboxylic acids is 1. The predicted molar refractivity (Wildman–Crippen MR) is 96.6 cm³/mol. The highest BCUT2D eigenvalue weighted by molar-refractivity contribution is 6.03. The predicted octanol–water partition coefficient (Wildman–Crippen LogP) is 1.72. The van der Waals surface area contributed by atoms with Gasteiger partial charge in [0.15, 0.2) is 5.69 Å². The van der Waals surface area contributed by atoms with E-state index >= 15 is 0 Å². The number of aromatic nitrogens is 2. The Hall–Kier alpha value is -2.87. The standard InChI is InChI=1S/C17H23N5O3/c1-22(2)10-9-18-16-8-6-13(20-21-16)17(23)19-14-11-12(24-3)5-7-15(14)25-4/h5-8,11H,9-10H2,1-4H3,(H,18,21)(H,19,23). The van der Waals surface area contributed by atoms with Crippen LogP contribution in [-0.2, 0) is 0 Å². The van der Waals surface area contributed by atoms with Gasteiger partial charge in [-0.05, 0) is 38.4 Å². The van der Waals surface area contributed by atoms with E-state index in [-0.39, 0.29) is 11.6 Å². The number of nitrogens with zero attached hydrogens (tertiary/aromatic N) is 3. The van der Waals surface area contributed by atoms with Crippen LogP contribution >= 0.6 is 0 Å². The fourth-order valence-corrected chi connectivity index (χ4v) is 2.05. The molecule has 1 aromatic heterocycles. The third-order valence-corrected chi connectivity index (χ3v) is 3.42. The minimum atomic E-state index is -0.376. The molecular weight excluding hydrogens is 322 g/mol. The van der Waals surface area contributed by atoms with Crippen LogP contribution in [0.4, 0.5) is 11.5 Å². The van der Waals surface area contributed by atoms with Crippen LogP contribution in [0.2, 0.25) is 0 Å². The second kappa shape index (κ2) is 8.84. The highest BCUT2D eigenvalue weighted by Gasteiger charge is 2.12. The summed E-state index contributed by atoms with van der Waals surface area (Å²) < 4.78 is 10.4. The molecule has 0 unspecified atom stereocenters. The Kier molecular flexibility index (Phi) is 6.53. The first-order valence-electron chi connectivity index (χ1n) is 7.79. The van der Waals surface area contributed by atoms with Crippen molar-refractivity contribution in [3.8, 4) is 11.5 Å². The van der Waals surface area contributed by atoms with E-state index in [4.69, 9.17) is 9.47 Å². The molecule has 0 atom stereocenters. The van der Waals surface area contributed by atoms with E-state index in [2.05, 4.69) is 25.7 Å². The fourth-order valence-electron chi connectivity index (χ4n) is 2.05. The molecule has 2 rings (SSSR count). The molecule has 1 amide bonds. The summed E-state index contributed by atoms with van der Waals surface area (Å²) >= 11 is 0. The molecule has 0 aliphatic carbocycles. The lowest BCUT2D eigenvalue weighted by Gasteiger charge is -2.12. The average molecular weight is 345 g/mol. The average Bonchev–Trinajstić information content (AvgIpc) is 2.61. The number of hydrogen-bond donors (Lipinski definition) is 2. The SMILES string of the molecule is COc1ccc(OC)c(NC(=O)c2ccc(NCCN(C)C)nn2)c1. The maximum absolute atomic E-state index is 12.4. The van der Waals surface area contributed by atoms with Gasteiger partial charge in [-0.15, -0.1) is 10.2 Å². The summed E-state index contributed by atoms with van der Waals surface area (Å²) in [5, 5.41) is 13.9. The zero-order chi connectivity index (χ0) is 18.2. The van der Waals surface area contributed by atoms with E-state index < -0.39 is 0 Å². The second-order valence-corrected chi connectivity index (χ2v) is 5.55. The van der Waals surface area contributed by atoms with Crippen molar-refractivity contribution >= 4 is 17.4 Å². The van der Waals surface area contributed by atoms with Crippen LogP contribution < -0.4 is 20.1 Å². The first-order valence-corrected chi connectivity index (χ1v) is 7.79. The van der Waals surface area contributed by atoms with Gasteiger partial charge in [-0.1, -0.05) is 0 Å². The zero-order valence-corrected chi connectivity index (χ0v) is 14.9. The van der Waals surface area contributed by atoms with E-state index in [0.717, 1.165) is 13.1 Å². The number of anilines is 2. The van der Waals surface area contributed by atoms with E-state index in [0.29, 0.717) is 23.0 Å². The lowest BCUT2D eigenvalue weighted by Crippen LogP contribution is -2.21. The molecule has 8 heteroatoms. The van der Waals surface area contributed by atoms with Gasteiger partial charge in [-0.2, -0.15) is 0 Å². The normalized spacial score (nSPS) is 10.4. The van der Waals surface area contributed by atoms with Crippen molar-refractivity contribution in [1.29, 1.82) is 0 Å². The molecule has 0 aliphatic heterocycles. The summed E-state index contributed by atoms with van der Waals surface area (Å²) in [7, 11) is 7.08. The Morgan fingerprint density at radius 1 is 1.12 bits per heavy atom. The van der Waals surface area contributed by atoms with Crippen LogP contribution in [-0.4, -0.2) is 62.4 Å². The van der Waals surface area contributed by atoms with Crippen LogP contribution in [0.25, 0.3) is 0 Å². The molecule has 8 nitrogen and oxygen atoms in total. The lowest BCUT2D eigenvalue weighted by atomic mass is 10.2. The number of likely N-dealkylation sites (N-methyl/N-ethyl adjacent to an activating group) is 1. The number of methoxy groups -OCH3 is 2. The van der Waals surface area contributed by atoms with Gasteiger partial charge < -0.3 is 25.0 Å². The highest BCUT2D eigenvalue weighted by Crippen LogP contribution is 2.29. The highest BCUT2D eigenvalue weighted by atomic mass is 16.5. The van der Waals surface area contributed by atoms with Crippen molar-refractivity contribution in [3.63, 3.8) is 0 Å². The number of rotatable bonds is 8. The molecule has 0 saturated heterocycles. The molecule has 0 radical (unpaired) electrons. The Labute approximate surface area is 147 Å². The van der Waals surface area contributed by atoms with Gasteiger partial charge in [0.05, 0.1) is 19.9 Å². The minimum absolute atomic E-state index is 0.211. The Morgan fingerprint density at radius 2 is 1.92 bits per heavy atom. The molecule has 2 aromatic rings. The summed E-state index contributed by atoms with van der Waals surface area (Å²) in [4.78, 5) is 14.4. The third-order valence-electron chi connectivity index (χ3n) is 3.42. The summed E-state index contributed by atoms with van der Waals surface area (Å²) in [6.45, 7) is 1.62. The van der Waals surface area contributed by atoms with Gasteiger partial charge in [0.2, 0.25) is 0 Å². The smallest absolute Gasteiger partial charge is 0.276 e. The minimum Gasteiger partial charge on any atom is -0.497 e. The fraction of sp³-hybridized carbons (Fsp3) is 0.353. The van der Waals surface area contributed by atoms with Gasteiger partial charge >= 0.3 is 0 Å². The summed E-state index contributed by atoms with van der Waals surface area (Å²) in [5.74, 6) is 1.39. The van der Waals surface area contributed by atoms with Crippen LogP contribution in [0.5, 0.6) is 11.5 Å². The van der Waals surface area contributed by atoms with E-state index in [1.165, 1.54) is 7.11 Å². The number of nitrogens with one attached hydrogen (secondary N) is 2. The molecular formula is C17H23N5O3. The number of ether oxygens (including phenoxy) is 2. The van der Waals surface area contributed by atoms with Crippen molar-refractivity contribution in [3.05, 3.63) is 36.0 Å². The van der Waals surface area contributed by atoms with E-state index in [1.807, 2.05) is 14.1 Å². The molecule has 0 saturated carbocycles. The van der Waals surface area contributed by atoms with Gasteiger partial charge in [0.1, 0.15) is 17.3 Å². The first kappa shape index (κ1) is 18.5. The maximum Gasteiger partial charge on any atom is 0.276 e. The topological polar surface area (TPSA) is 88.6 Å². The van der Waals surface area contributed by atoms with Gasteiger partial charge in [-0.3, -0.25) is 4.79 Å². The van der Waals surface area contributed by atoms with Crippen LogP contribution in [0.1, 0.15) is 10.5 Å². The number of hydrogen-bond acceptors (Lipinski definition) is 7. The van der Waals surface area contributed by atoms with Gasteiger partial charge in [-0.25, -0.2) is 0 Å². The Bertz CT molecular complexity index is 704. The number of amides is 1. The largest absolute Gasteiger partial charge is 0.497 e. The lowest BCUT2D eigenvalue weighted by molar-refractivity contribution is 0.102. The summed E-state index contributed by atoms with van der Waals surface area (Å²) in [5.41, 5.74) is 0.713. The van der Waals surface area contributed by atoms with Crippen molar-refractivity contribution in [1.82, 2.24) is 15.1 Å². The zero-order valence-electron chi connectivity index (χ0n) is 14.9. The molecule has 0 fully saturated rings. The van der Waals surface area contributed by atoms with Crippen molar-refractivity contribution in [2.24, 2.45) is 0 Å². The van der Waals surface area contributed by atoms with Crippen molar-refractivity contribution < 1.29 is 14.3 Å². The maximum atomic E-state index is 12.4. The van der Waals surface area contributed by atoms with Crippen LogP contribution in [0.3, 0.4) is 0 Å². The van der Waals surface area contributed by atoms with Gasteiger partial charge in [0.25, 0.3) is 5.91 Å². The Balaban J connectivity index is 2.03. The van der Waals surface area contributed by atoms with Crippen LogP contribution in [0, 0.1) is 0 Å². The van der Waals surface area contributed by atoms with Crippen molar-refractivity contribution in [2.75, 3.05) is 52.0 Å². The summed E-state index contributed by atoms with van der Waals surface area (Å²) in [6.07, 6.45) is 0. The first-order chi connectivity index (χ1) is 12.0. The van der Waals surface area contributed by atoms with Crippen LogP contribution in [0.15, 0.2) is 30.3 Å². The van der Waals surface area contributed by atoms with Gasteiger partial charge in [0, 0.05) is 19.2 Å². The van der Waals surface area contributed by atoms with E-state index in [9.17, 15) is 4.79 Å². The molecule has 0 bridgehead atoms. The number of carbonyl (C=O) groups is 1. The molecule has 134 valence electrons. The number of benzene rings is 1. The molecule has 0 spiro atoms. The molecule has 2 N–H and O–H groups in total. The Morgan fingerprint density at radius 3 is 2.52 bits per heavy atom. The molecule has 0 aliphatic rings. The molecule has 1 heterocycles. The molecule has 25 heavy (non-hydrogen) atoms. The quantitative estimate of drug-likeness (QED) is 0.753. The molecule has 1 aromatic carbocycles.